The molecular formula is C13H19N3O4S. The zero-order valence-electron chi connectivity index (χ0n) is 12.2. The van der Waals surface area contributed by atoms with E-state index < -0.39 is 12.0 Å². The summed E-state index contributed by atoms with van der Waals surface area (Å²) in [5.41, 5.74) is 0.736. The second-order valence-electron chi connectivity index (χ2n) is 5.32. The first-order chi connectivity index (χ1) is 9.90. The number of aromatic nitrogens is 1. The summed E-state index contributed by atoms with van der Waals surface area (Å²) in [4.78, 5) is 25.0. The van der Waals surface area contributed by atoms with Gasteiger partial charge in [0.15, 0.2) is 5.76 Å². The summed E-state index contributed by atoms with van der Waals surface area (Å²) in [6.07, 6.45) is 0. The highest BCUT2D eigenvalue weighted by atomic mass is 32.2. The van der Waals surface area contributed by atoms with Gasteiger partial charge in [-0.15, -0.1) is 11.8 Å². The molecule has 1 aliphatic heterocycles. The Balaban J connectivity index is 2.04. The number of hydrogen-bond donors (Lipinski definition) is 2. The van der Waals surface area contributed by atoms with Crippen LogP contribution in [-0.4, -0.2) is 44.3 Å². The first-order valence-corrected chi connectivity index (χ1v) is 7.77. The number of nitrogens with zero attached hydrogens (tertiary/aromatic N) is 2. The van der Waals surface area contributed by atoms with Crippen molar-refractivity contribution in [2.45, 2.75) is 38.7 Å². The molecule has 2 atom stereocenters. The van der Waals surface area contributed by atoms with Gasteiger partial charge in [-0.3, -0.25) is 4.90 Å². The molecule has 0 radical (unpaired) electrons. The molecule has 0 spiro atoms. The van der Waals surface area contributed by atoms with Gasteiger partial charge in [0.25, 0.3) is 0 Å². The van der Waals surface area contributed by atoms with Crippen LogP contribution in [0.4, 0.5) is 4.79 Å². The van der Waals surface area contributed by atoms with Gasteiger partial charge in [-0.05, 0) is 12.8 Å². The van der Waals surface area contributed by atoms with E-state index in [9.17, 15) is 14.7 Å². The Bertz CT molecular complexity index is 531. The van der Waals surface area contributed by atoms with Gasteiger partial charge in [-0.25, -0.2) is 9.59 Å². The van der Waals surface area contributed by atoms with Gasteiger partial charge in [-0.2, -0.15) is 0 Å². The molecule has 116 valence electrons. The number of amides is 2. The van der Waals surface area contributed by atoms with Crippen molar-refractivity contribution in [1.82, 2.24) is 15.4 Å². The van der Waals surface area contributed by atoms with Crippen LogP contribution in [0.15, 0.2) is 10.6 Å². The van der Waals surface area contributed by atoms with Gasteiger partial charge in [-0.1, -0.05) is 19.0 Å². The maximum absolute atomic E-state index is 12.3. The molecular weight excluding hydrogens is 294 g/mol. The van der Waals surface area contributed by atoms with E-state index in [1.54, 1.807) is 13.0 Å². The molecule has 7 nitrogen and oxygen atoms in total. The summed E-state index contributed by atoms with van der Waals surface area (Å²) in [6, 6.07) is 0.548. The Morgan fingerprint density at radius 1 is 1.62 bits per heavy atom. The van der Waals surface area contributed by atoms with Gasteiger partial charge in [0.05, 0.1) is 17.6 Å². The molecule has 0 aromatic carbocycles. The van der Waals surface area contributed by atoms with Crippen LogP contribution in [0.3, 0.4) is 0 Å². The maximum Gasteiger partial charge on any atom is 0.327 e. The predicted octanol–water partition coefficient (Wildman–Crippen LogP) is 1.68. The summed E-state index contributed by atoms with van der Waals surface area (Å²) in [7, 11) is 0. The Hall–Kier alpha value is -1.70. The van der Waals surface area contributed by atoms with Gasteiger partial charge in [0.1, 0.15) is 6.04 Å². The molecule has 2 heterocycles. The van der Waals surface area contributed by atoms with Crippen LogP contribution in [0.2, 0.25) is 0 Å². The SMILES string of the molecule is Cc1cc(CNC(=O)N2C(C(=O)O)CSC2C(C)C)on1. The number of thioether (sulfide) groups is 1. The fourth-order valence-electron chi connectivity index (χ4n) is 2.24. The summed E-state index contributed by atoms with van der Waals surface area (Å²) >= 11 is 1.50. The van der Waals surface area contributed by atoms with E-state index in [1.807, 2.05) is 13.8 Å². The van der Waals surface area contributed by atoms with Crippen molar-refractivity contribution in [1.29, 1.82) is 0 Å². The number of carbonyl (C=O) groups is 2. The molecule has 1 aromatic rings. The normalized spacial score (nSPS) is 21.8. The van der Waals surface area contributed by atoms with E-state index in [-0.39, 0.29) is 23.9 Å². The molecule has 21 heavy (non-hydrogen) atoms. The zero-order valence-corrected chi connectivity index (χ0v) is 13.0. The number of carbonyl (C=O) groups excluding carboxylic acids is 1. The van der Waals surface area contributed by atoms with Crippen LogP contribution in [0.1, 0.15) is 25.3 Å². The Labute approximate surface area is 127 Å². The summed E-state index contributed by atoms with van der Waals surface area (Å²) in [5.74, 6) is 0.155. The maximum atomic E-state index is 12.3. The van der Waals surface area contributed by atoms with Crippen LogP contribution >= 0.6 is 11.8 Å². The minimum Gasteiger partial charge on any atom is -0.480 e. The molecule has 8 heteroatoms. The third-order valence-corrected chi connectivity index (χ3v) is 4.84. The van der Waals surface area contributed by atoms with E-state index in [0.29, 0.717) is 11.5 Å². The third-order valence-electron chi connectivity index (χ3n) is 3.22. The van der Waals surface area contributed by atoms with E-state index in [4.69, 9.17) is 4.52 Å². The largest absolute Gasteiger partial charge is 0.480 e. The number of carboxylic acid groups (broad SMARTS) is 1. The lowest BCUT2D eigenvalue weighted by Crippen LogP contribution is -2.51. The van der Waals surface area contributed by atoms with Crippen molar-refractivity contribution >= 4 is 23.8 Å². The zero-order chi connectivity index (χ0) is 15.6. The molecule has 0 bridgehead atoms. The standard InChI is InChI=1S/C13H19N3O4S/c1-7(2)11-16(10(6-21-11)12(17)18)13(19)14-5-9-4-8(3)15-20-9/h4,7,10-11H,5-6H2,1-3H3,(H,14,19)(H,17,18). The number of rotatable bonds is 4. The number of carboxylic acids is 1. The van der Waals surface area contributed by atoms with Gasteiger partial charge >= 0.3 is 12.0 Å². The molecule has 2 amide bonds. The second-order valence-corrected chi connectivity index (χ2v) is 6.47. The molecule has 2 unspecified atom stereocenters. The average Bonchev–Trinajstić information content (AvgIpc) is 3.01. The minimum atomic E-state index is -0.976. The Kier molecular flexibility index (Phi) is 4.76. The quantitative estimate of drug-likeness (QED) is 0.878. The van der Waals surface area contributed by atoms with E-state index in [1.165, 1.54) is 16.7 Å². The highest BCUT2D eigenvalue weighted by molar-refractivity contribution is 8.00. The van der Waals surface area contributed by atoms with Crippen molar-refractivity contribution in [3.63, 3.8) is 0 Å². The smallest absolute Gasteiger partial charge is 0.327 e. The van der Waals surface area contributed by atoms with Crippen LogP contribution in [0.5, 0.6) is 0 Å². The van der Waals surface area contributed by atoms with Crippen molar-refractivity contribution in [2.75, 3.05) is 5.75 Å². The van der Waals surface area contributed by atoms with Crippen molar-refractivity contribution < 1.29 is 19.2 Å². The predicted molar refractivity (Wildman–Crippen MR) is 77.8 cm³/mol. The average molecular weight is 313 g/mol. The molecule has 0 aliphatic carbocycles. The van der Waals surface area contributed by atoms with E-state index in [2.05, 4.69) is 10.5 Å². The summed E-state index contributed by atoms with van der Waals surface area (Å²) in [6.45, 7) is 5.93. The number of aryl methyl sites for hydroxylation is 1. The molecule has 1 saturated heterocycles. The molecule has 2 rings (SSSR count). The van der Waals surface area contributed by atoms with Crippen molar-refractivity contribution in [3.8, 4) is 0 Å². The van der Waals surface area contributed by atoms with Gasteiger partial charge < -0.3 is 14.9 Å². The highest BCUT2D eigenvalue weighted by Gasteiger charge is 2.42. The number of aliphatic carboxylic acids is 1. The molecule has 2 N–H and O–H groups in total. The van der Waals surface area contributed by atoms with E-state index in [0.717, 1.165) is 5.69 Å². The number of nitrogens with one attached hydrogen (secondary N) is 1. The summed E-state index contributed by atoms with van der Waals surface area (Å²) < 4.78 is 5.02. The lowest BCUT2D eigenvalue weighted by atomic mass is 10.2. The van der Waals surface area contributed by atoms with Crippen LogP contribution in [0.25, 0.3) is 0 Å². The number of urea groups is 1. The van der Waals surface area contributed by atoms with Crippen molar-refractivity contribution in [3.05, 3.63) is 17.5 Å². The monoisotopic (exact) mass is 313 g/mol. The lowest BCUT2D eigenvalue weighted by Gasteiger charge is -2.29. The van der Waals surface area contributed by atoms with Gasteiger partial charge in [0, 0.05) is 11.8 Å². The first kappa shape index (κ1) is 15.7. The van der Waals surface area contributed by atoms with Crippen LogP contribution in [0, 0.1) is 12.8 Å². The van der Waals surface area contributed by atoms with Crippen LogP contribution < -0.4 is 5.32 Å². The van der Waals surface area contributed by atoms with Crippen molar-refractivity contribution in [2.24, 2.45) is 5.92 Å². The summed E-state index contributed by atoms with van der Waals surface area (Å²) in [5, 5.41) is 15.6. The fraction of sp³-hybridized carbons (Fsp3) is 0.615. The fourth-order valence-corrected chi connectivity index (χ4v) is 3.71. The minimum absolute atomic E-state index is 0.137. The van der Waals surface area contributed by atoms with Crippen LogP contribution in [-0.2, 0) is 11.3 Å². The first-order valence-electron chi connectivity index (χ1n) is 6.73. The molecule has 1 aliphatic rings. The molecule has 1 aromatic heterocycles. The molecule has 1 fully saturated rings. The molecule has 0 saturated carbocycles. The second kappa shape index (κ2) is 6.38. The third kappa shape index (κ3) is 3.49. The topological polar surface area (TPSA) is 95.7 Å². The van der Waals surface area contributed by atoms with Gasteiger partial charge in [0.2, 0.25) is 0 Å². The Morgan fingerprint density at radius 3 is 2.86 bits per heavy atom. The highest BCUT2D eigenvalue weighted by Crippen LogP contribution is 2.34. The number of hydrogen-bond acceptors (Lipinski definition) is 5. The van der Waals surface area contributed by atoms with E-state index >= 15 is 0 Å². The lowest BCUT2D eigenvalue weighted by molar-refractivity contribution is -0.141. The Morgan fingerprint density at radius 2 is 2.33 bits per heavy atom.